The molecule has 4 aromatic heterocycles. The van der Waals surface area contributed by atoms with Crippen LogP contribution in [0.15, 0.2) is 25.3 Å². The Morgan fingerprint density at radius 3 is 1.95 bits per heavy atom. The topological polar surface area (TPSA) is 294 Å². The van der Waals surface area contributed by atoms with Gasteiger partial charge in [0.1, 0.15) is 66.7 Å². The van der Waals surface area contributed by atoms with E-state index in [9.17, 15) is 29.9 Å². The zero-order valence-corrected chi connectivity index (χ0v) is 22.4. The summed E-state index contributed by atoms with van der Waals surface area (Å²) in [5.41, 5.74) is 12.6. The number of ether oxygens (including phenoxy) is 3. The molecule has 9 N–H and O–H groups in total. The fourth-order valence-corrected chi connectivity index (χ4v) is 5.73. The quantitative estimate of drug-likeness (QED) is 0.0944. The fraction of sp³-hybridized carbons (Fsp3) is 0.524. The third-order valence-corrected chi connectivity index (χ3v) is 8.05. The van der Waals surface area contributed by atoms with Gasteiger partial charge in [0.2, 0.25) is 0 Å². The van der Waals surface area contributed by atoms with Crippen molar-refractivity contribution in [1.29, 1.82) is 0 Å². The van der Waals surface area contributed by atoms with Crippen LogP contribution in [0.2, 0.25) is 0 Å². The molecule has 20 nitrogen and oxygen atoms in total. The molecular weight excluding hydrogens is 583 g/mol. The highest BCUT2D eigenvalue weighted by atomic mass is 31.2. The van der Waals surface area contributed by atoms with Crippen LogP contribution in [-0.4, -0.2) is 121 Å². The summed E-state index contributed by atoms with van der Waals surface area (Å²) in [6.45, 7) is -1.19. The van der Waals surface area contributed by atoms with Crippen molar-refractivity contribution in [2.45, 2.75) is 49.1 Å². The van der Waals surface area contributed by atoms with E-state index in [1.54, 1.807) is 0 Å². The highest BCUT2D eigenvalue weighted by Gasteiger charge is 2.48. The summed E-state index contributed by atoms with van der Waals surface area (Å²) in [5.74, 6) is 0.223. The van der Waals surface area contributed by atoms with Crippen molar-refractivity contribution in [1.82, 2.24) is 39.0 Å². The minimum atomic E-state index is -4.51. The summed E-state index contributed by atoms with van der Waals surface area (Å²) in [6, 6.07) is 0. The zero-order chi connectivity index (χ0) is 29.8. The Kier molecular flexibility index (Phi) is 7.51. The molecule has 4 aromatic rings. The van der Waals surface area contributed by atoms with Crippen LogP contribution in [0.1, 0.15) is 12.5 Å². The van der Waals surface area contributed by atoms with Gasteiger partial charge in [-0.05, 0) is 0 Å². The third-order valence-electron chi connectivity index (χ3n) is 7.02. The molecular formula is C21H27N10O10P. The normalized spacial score (nSPS) is 31.3. The summed E-state index contributed by atoms with van der Waals surface area (Å²) < 4.78 is 37.6. The number of fused-ring (bicyclic) bond motifs is 2. The van der Waals surface area contributed by atoms with E-state index in [0.29, 0.717) is 0 Å². The molecule has 0 amide bonds. The predicted octanol–water partition coefficient (Wildman–Crippen LogP) is -2.75. The van der Waals surface area contributed by atoms with Gasteiger partial charge in [-0.25, -0.2) is 29.9 Å². The van der Waals surface area contributed by atoms with Gasteiger partial charge < -0.3 is 55.5 Å². The maximum atomic E-state index is 12.8. The predicted molar refractivity (Wildman–Crippen MR) is 138 cm³/mol. The molecule has 0 bridgehead atoms. The molecule has 0 aliphatic carbocycles. The lowest BCUT2D eigenvalue weighted by Crippen LogP contribution is -2.36. The van der Waals surface area contributed by atoms with Crippen LogP contribution in [0.3, 0.4) is 0 Å². The highest BCUT2D eigenvalue weighted by Crippen LogP contribution is 2.45. The number of nitrogen functional groups attached to an aromatic ring is 2. The number of hydrogen-bond donors (Lipinski definition) is 7. The van der Waals surface area contributed by atoms with Gasteiger partial charge >= 0.3 is 7.60 Å². The Morgan fingerprint density at radius 2 is 1.38 bits per heavy atom. The molecule has 0 saturated carbocycles. The van der Waals surface area contributed by atoms with Gasteiger partial charge in [0.25, 0.3) is 0 Å². The Bertz CT molecular complexity index is 1640. The minimum Gasteiger partial charge on any atom is -0.394 e. The van der Waals surface area contributed by atoms with Gasteiger partial charge in [0.05, 0.1) is 25.9 Å². The van der Waals surface area contributed by atoms with E-state index in [1.807, 2.05) is 0 Å². The van der Waals surface area contributed by atoms with Crippen molar-refractivity contribution in [2.24, 2.45) is 0 Å². The number of nitrogens with zero attached hydrogens (tertiary/aromatic N) is 8. The lowest BCUT2D eigenvalue weighted by atomic mass is 10.1. The molecule has 2 aliphatic rings. The molecule has 0 spiro atoms. The highest BCUT2D eigenvalue weighted by molar-refractivity contribution is 7.52. The van der Waals surface area contributed by atoms with Gasteiger partial charge in [-0.3, -0.25) is 13.7 Å². The molecule has 9 atom stereocenters. The van der Waals surface area contributed by atoms with Crippen LogP contribution < -0.4 is 11.5 Å². The van der Waals surface area contributed by atoms with E-state index in [0.717, 1.165) is 0 Å². The monoisotopic (exact) mass is 610 g/mol. The fourth-order valence-electron chi connectivity index (χ4n) is 4.92. The summed E-state index contributed by atoms with van der Waals surface area (Å²) in [5, 5.41) is 41.8. The second-order valence-corrected chi connectivity index (χ2v) is 11.4. The van der Waals surface area contributed by atoms with Crippen molar-refractivity contribution in [3.05, 3.63) is 25.3 Å². The van der Waals surface area contributed by atoms with Crippen LogP contribution in [0.25, 0.3) is 22.3 Å². The Balaban J connectivity index is 1.09. The number of aliphatic hydroxyl groups excluding tert-OH is 4. The number of aromatic nitrogens is 8. The molecule has 2 fully saturated rings. The smallest absolute Gasteiger partial charge is 0.353 e. The van der Waals surface area contributed by atoms with E-state index in [1.165, 1.54) is 34.4 Å². The number of nitrogens with two attached hydrogens (primary N) is 2. The van der Waals surface area contributed by atoms with E-state index < -0.39 is 76.2 Å². The summed E-state index contributed by atoms with van der Waals surface area (Å²) in [6.07, 6.45) is -6.08. The second-order valence-electron chi connectivity index (χ2n) is 9.64. The number of hydrogen-bond acceptors (Lipinski definition) is 17. The molecule has 2 aliphatic heterocycles. The summed E-state index contributed by atoms with van der Waals surface area (Å²) >= 11 is 0. The number of rotatable bonds is 9. The molecule has 42 heavy (non-hydrogen) atoms. The van der Waals surface area contributed by atoms with Crippen LogP contribution in [0.5, 0.6) is 0 Å². The van der Waals surface area contributed by atoms with Gasteiger partial charge in [0, 0.05) is 0 Å². The first-order chi connectivity index (χ1) is 20.1. The molecule has 0 aromatic carbocycles. The molecule has 2 saturated heterocycles. The first kappa shape index (κ1) is 28.7. The maximum absolute atomic E-state index is 12.8. The molecule has 1 unspecified atom stereocenters. The van der Waals surface area contributed by atoms with Gasteiger partial charge in [0.15, 0.2) is 35.4 Å². The maximum Gasteiger partial charge on any atom is 0.353 e. The molecule has 226 valence electrons. The van der Waals surface area contributed by atoms with Crippen molar-refractivity contribution in [2.75, 3.05) is 31.0 Å². The average molecular weight is 610 g/mol. The van der Waals surface area contributed by atoms with Gasteiger partial charge in [-0.15, -0.1) is 0 Å². The standard InChI is InChI=1S/C21H27N10O10P/c22-16-10-18(26-3-24-16)30(5-28-10)20-13(34)12(33)9(41-20)2-39-42(36,37)7-38-15-8(1-32)40-21(14(15)35)31-6-29-11-17(23)25-4-27-19(11)31/h3-6,8-9,12-15,20-21,32-35H,1-2,7H2,(H,36,37)(H2,22,24,26)(H2,23,25,27)/t8-,9-,12-,13-,14-,15-,20-,21-/m1/s1. The Hall–Kier alpha value is -3.43. The number of anilines is 2. The first-order valence-electron chi connectivity index (χ1n) is 12.5. The van der Waals surface area contributed by atoms with E-state index in [2.05, 4.69) is 29.9 Å². The van der Waals surface area contributed by atoms with Crippen LogP contribution in [0, 0.1) is 0 Å². The van der Waals surface area contributed by atoms with Crippen molar-refractivity contribution < 1.29 is 48.6 Å². The van der Waals surface area contributed by atoms with Gasteiger partial charge in [-0.1, -0.05) is 0 Å². The Labute approximate surface area is 235 Å². The third kappa shape index (κ3) is 4.96. The summed E-state index contributed by atoms with van der Waals surface area (Å²) in [4.78, 5) is 34.5. The minimum absolute atomic E-state index is 0.109. The van der Waals surface area contributed by atoms with E-state index in [4.69, 9.17) is 30.2 Å². The number of aliphatic hydroxyl groups is 4. The summed E-state index contributed by atoms with van der Waals surface area (Å²) in [7, 11) is -4.51. The van der Waals surface area contributed by atoms with Crippen LogP contribution >= 0.6 is 7.60 Å². The van der Waals surface area contributed by atoms with Crippen LogP contribution in [-0.2, 0) is 23.3 Å². The first-order valence-corrected chi connectivity index (χ1v) is 14.3. The van der Waals surface area contributed by atoms with Crippen LogP contribution in [0.4, 0.5) is 11.6 Å². The molecule has 0 radical (unpaired) electrons. The largest absolute Gasteiger partial charge is 0.394 e. The van der Waals surface area contributed by atoms with E-state index >= 15 is 0 Å². The second kappa shape index (κ2) is 11.0. The zero-order valence-electron chi connectivity index (χ0n) is 21.5. The average Bonchev–Trinajstić information content (AvgIpc) is 3.72. The van der Waals surface area contributed by atoms with Crippen molar-refractivity contribution >= 4 is 41.6 Å². The lowest BCUT2D eigenvalue weighted by molar-refractivity contribution is -0.0589. The number of imidazole rings is 2. The lowest BCUT2D eigenvalue weighted by Gasteiger charge is -2.22. The van der Waals surface area contributed by atoms with E-state index in [-0.39, 0.29) is 34.0 Å². The molecule has 6 heterocycles. The van der Waals surface area contributed by atoms with Gasteiger partial charge in [-0.2, -0.15) is 0 Å². The SMILES string of the molecule is Nc1ncnc2c1ncn2[C@@H]1O[C@H](COP(=O)(O)CO[C@H]2[C@@H](O)[C@H](n3cnc4c(N)ncnc43)O[C@@H]2CO)[C@@H](O)[C@H]1O. The molecule has 21 heteroatoms. The van der Waals surface area contributed by atoms with Crippen molar-refractivity contribution in [3.63, 3.8) is 0 Å². The van der Waals surface area contributed by atoms with Crippen molar-refractivity contribution in [3.8, 4) is 0 Å². The Morgan fingerprint density at radius 1 is 0.833 bits per heavy atom. The molecule has 6 rings (SSSR count).